The maximum Gasteiger partial charge on any atom is 0.259 e. The van der Waals surface area contributed by atoms with Crippen LogP contribution in [-0.4, -0.2) is 20.8 Å². The standard InChI is InChI=1S/C13H13Cl2N3O2/c1-6-11(7(2)18(3)17-6)13(20)16-10-5-8(14)4-9(15)12(10)19/h4-5,19H,1-3H3,(H,16,20). The fraction of sp³-hybridized carbons (Fsp3) is 0.231. The Balaban J connectivity index is 2.38. The van der Waals surface area contributed by atoms with E-state index in [9.17, 15) is 9.90 Å². The number of rotatable bonds is 2. The second kappa shape index (κ2) is 5.34. The number of hydrogen-bond donors (Lipinski definition) is 2. The second-order valence-corrected chi connectivity index (χ2v) is 5.25. The molecule has 0 atom stereocenters. The Morgan fingerprint density at radius 2 is 2.00 bits per heavy atom. The smallest absolute Gasteiger partial charge is 0.259 e. The Labute approximate surface area is 126 Å². The molecule has 20 heavy (non-hydrogen) atoms. The molecule has 2 N–H and O–H groups in total. The summed E-state index contributed by atoms with van der Waals surface area (Å²) in [6.07, 6.45) is 0. The van der Waals surface area contributed by atoms with Gasteiger partial charge in [-0.2, -0.15) is 5.10 Å². The molecule has 0 spiro atoms. The summed E-state index contributed by atoms with van der Waals surface area (Å²) in [7, 11) is 1.76. The van der Waals surface area contributed by atoms with Gasteiger partial charge in [0.1, 0.15) is 0 Å². The quantitative estimate of drug-likeness (QED) is 0.836. The molecule has 2 aromatic rings. The highest BCUT2D eigenvalue weighted by atomic mass is 35.5. The van der Waals surface area contributed by atoms with E-state index in [1.165, 1.54) is 12.1 Å². The summed E-state index contributed by atoms with van der Waals surface area (Å²) in [5.41, 5.74) is 1.96. The molecule has 1 heterocycles. The van der Waals surface area contributed by atoms with Crippen molar-refractivity contribution < 1.29 is 9.90 Å². The molecule has 0 aliphatic heterocycles. The van der Waals surface area contributed by atoms with Crippen LogP contribution >= 0.6 is 23.2 Å². The van der Waals surface area contributed by atoms with Crippen molar-refractivity contribution in [2.45, 2.75) is 13.8 Å². The summed E-state index contributed by atoms with van der Waals surface area (Å²) < 4.78 is 1.62. The number of aryl methyl sites for hydroxylation is 2. The van der Waals surface area contributed by atoms with Crippen molar-refractivity contribution in [3.05, 3.63) is 39.1 Å². The molecule has 1 aromatic carbocycles. The van der Waals surface area contributed by atoms with Gasteiger partial charge in [-0.1, -0.05) is 23.2 Å². The van der Waals surface area contributed by atoms with Gasteiger partial charge in [0.05, 0.1) is 22.0 Å². The Kier molecular flexibility index (Phi) is 3.92. The zero-order chi connectivity index (χ0) is 15.0. The number of carbonyl (C=O) groups is 1. The lowest BCUT2D eigenvalue weighted by Gasteiger charge is -2.09. The summed E-state index contributed by atoms with van der Waals surface area (Å²) in [5.74, 6) is -0.592. The first kappa shape index (κ1) is 14.7. The van der Waals surface area contributed by atoms with Gasteiger partial charge >= 0.3 is 0 Å². The van der Waals surface area contributed by atoms with Crippen molar-refractivity contribution >= 4 is 34.8 Å². The predicted molar refractivity (Wildman–Crippen MR) is 78.8 cm³/mol. The molecule has 1 aromatic heterocycles. The third-order valence-corrected chi connectivity index (χ3v) is 3.52. The van der Waals surface area contributed by atoms with Gasteiger partial charge in [0, 0.05) is 17.8 Å². The summed E-state index contributed by atoms with van der Waals surface area (Å²) in [6.45, 7) is 3.53. The van der Waals surface area contributed by atoms with Gasteiger partial charge in [-0.3, -0.25) is 9.48 Å². The second-order valence-electron chi connectivity index (χ2n) is 4.41. The van der Waals surface area contributed by atoms with Crippen molar-refractivity contribution in [2.75, 3.05) is 5.32 Å². The number of nitrogens with one attached hydrogen (secondary N) is 1. The van der Waals surface area contributed by atoms with Crippen molar-refractivity contribution in [1.82, 2.24) is 9.78 Å². The van der Waals surface area contributed by atoms with E-state index in [4.69, 9.17) is 23.2 Å². The maximum absolute atomic E-state index is 12.3. The highest BCUT2D eigenvalue weighted by Crippen LogP contribution is 2.35. The van der Waals surface area contributed by atoms with Gasteiger partial charge in [0.25, 0.3) is 5.91 Å². The normalized spacial score (nSPS) is 10.7. The number of halogens is 2. The van der Waals surface area contributed by atoms with E-state index in [-0.39, 0.29) is 22.4 Å². The lowest BCUT2D eigenvalue weighted by Crippen LogP contribution is -2.14. The lowest BCUT2D eigenvalue weighted by molar-refractivity contribution is 0.102. The highest BCUT2D eigenvalue weighted by molar-refractivity contribution is 6.36. The zero-order valence-corrected chi connectivity index (χ0v) is 12.7. The van der Waals surface area contributed by atoms with Crippen LogP contribution in [-0.2, 0) is 7.05 Å². The van der Waals surface area contributed by atoms with Gasteiger partial charge in [-0.15, -0.1) is 0 Å². The molecular formula is C13H13Cl2N3O2. The van der Waals surface area contributed by atoms with E-state index in [0.29, 0.717) is 16.3 Å². The van der Waals surface area contributed by atoms with E-state index in [2.05, 4.69) is 10.4 Å². The Morgan fingerprint density at radius 1 is 1.35 bits per heavy atom. The molecule has 0 saturated carbocycles. The minimum absolute atomic E-state index is 0.0763. The van der Waals surface area contributed by atoms with E-state index in [1.54, 1.807) is 25.6 Å². The number of aromatic hydroxyl groups is 1. The third kappa shape index (κ3) is 2.59. The third-order valence-electron chi connectivity index (χ3n) is 3.01. The maximum atomic E-state index is 12.3. The number of amides is 1. The van der Waals surface area contributed by atoms with E-state index < -0.39 is 0 Å². The van der Waals surface area contributed by atoms with E-state index in [1.807, 2.05) is 0 Å². The zero-order valence-electron chi connectivity index (χ0n) is 11.2. The number of benzene rings is 1. The number of aromatic nitrogens is 2. The van der Waals surface area contributed by atoms with E-state index in [0.717, 1.165) is 5.69 Å². The van der Waals surface area contributed by atoms with Crippen LogP contribution < -0.4 is 5.32 Å². The SMILES string of the molecule is Cc1nn(C)c(C)c1C(=O)Nc1cc(Cl)cc(Cl)c1O. The first-order chi connectivity index (χ1) is 9.31. The molecule has 106 valence electrons. The first-order valence-electron chi connectivity index (χ1n) is 5.80. The summed E-state index contributed by atoms with van der Waals surface area (Å²) in [5, 5.41) is 17.0. The molecule has 7 heteroatoms. The summed E-state index contributed by atoms with van der Waals surface area (Å²) in [6, 6.07) is 2.83. The van der Waals surface area contributed by atoms with Crippen LogP contribution in [0, 0.1) is 13.8 Å². The molecular weight excluding hydrogens is 301 g/mol. The van der Waals surface area contributed by atoms with Crippen LogP contribution in [0.1, 0.15) is 21.7 Å². The lowest BCUT2D eigenvalue weighted by atomic mass is 10.1. The van der Waals surface area contributed by atoms with Gasteiger partial charge in [0.15, 0.2) is 5.75 Å². The predicted octanol–water partition coefficient (Wildman–Crippen LogP) is 3.30. The van der Waals surface area contributed by atoms with Crippen LogP contribution in [0.5, 0.6) is 5.75 Å². The Hall–Kier alpha value is -1.72. The minimum atomic E-state index is -0.373. The average molecular weight is 314 g/mol. The molecule has 1 amide bonds. The Morgan fingerprint density at radius 3 is 2.55 bits per heavy atom. The topological polar surface area (TPSA) is 67.2 Å². The number of phenolic OH excluding ortho intramolecular Hbond substituents is 1. The summed E-state index contributed by atoms with van der Waals surface area (Å²) >= 11 is 11.7. The largest absolute Gasteiger partial charge is 0.504 e. The molecule has 0 saturated heterocycles. The monoisotopic (exact) mass is 313 g/mol. The number of hydrogen-bond acceptors (Lipinski definition) is 3. The highest BCUT2D eigenvalue weighted by Gasteiger charge is 2.19. The Bertz CT molecular complexity index is 695. The van der Waals surface area contributed by atoms with Gasteiger partial charge < -0.3 is 10.4 Å². The molecule has 0 unspecified atom stereocenters. The molecule has 0 bridgehead atoms. The fourth-order valence-corrected chi connectivity index (χ4v) is 2.44. The molecule has 2 rings (SSSR count). The van der Waals surface area contributed by atoms with Crippen molar-refractivity contribution in [2.24, 2.45) is 7.05 Å². The van der Waals surface area contributed by atoms with Crippen molar-refractivity contribution in [1.29, 1.82) is 0 Å². The molecule has 0 fully saturated rings. The van der Waals surface area contributed by atoms with Crippen LogP contribution in [0.15, 0.2) is 12.1 Å². The molecule has 5 nitrogen and oxygen atoms in total. The molecule has 0 aliphatic rings. The van der Waals surface area contributed by atoms with Gasteiger partial charge in [0.2, 0.25) is 0 Å². The molecule has 0 radical (unpaired) electrons. The van der Waals surface area contributed by atoms with Crippen molar-refractivity contribution in [3.8, 4) is 5.75 Å². The van der Waals surface area contributed by atoms with Crippen LogP contribution in [0.4, 0.5) is 5.69 Å². The van der Waals surface area contributed by atoms with Crippen LogP contribution in [0.25, 0.3) is 0 Å². The van der Waals surface area contributed by atoms with Crippen LogP contribution in [0.3, 0.4) is 0 Å². The number of carbonyl (C=O) groups excluding carboxylic acids is 1. The summed E-state index contributed by atoms with van der Waals surface area (Å²) in [4.78, 5) is 12.3. The van der Waals surface area contributed by atoms with E-state index >= 15 is 0 Å². The fourth-order valence-electron chi connectivity index (χ4n) is 1.95. The molecule has 0 aliphatic carbocycles. The van der Waals surface area contributed by atoms with Crippen LogP contribution in [0.2, 0.25) is 10.0 Å². The minimum Gasteiger partial charge on any atom is -0.504 e. The number of phenols is 1. The average Bonchev–Trinajstić information content (AvgIpc) is 2.59. The van der Waals surface area contributed by atoms with Gasteiger partial charge in [-0.05, 0) is 26.0 Å². The van der Waals surface area contributed by atoms with Gasteiger partial charge in [-0.25, -0.2) is 0 Å². The number of anilines is 1. The van der Waals surface area contributed by atoms with Crippen molar-refractivity contribution in [3.63, 3.8) is 0 Å². The number of nitrogens with zero attached hydrogens (tertiary/aromatic N) is 2. The first-order valence-corrected chi connectivity index (χ1v) is 6.56.